The summed E-state index contributed by atoms with van der Waals surface area (Å²) < 4.78 is 0. The van der Waals surface area contributed by atoms with E-state index >= 15 is 0 Å². The summed E-state index contributed by atoms with van der Waals surface area (Å²) in [4.78, 5) is 25.9. The number of piperazine rings is 1. The van der Waals surface area contributed by atoms with Gasteiger partial charge < -0.3 is 10.2 Å². The second-order valence-electron chi connectivity index (χ2n) is 5.82. The molecule has 0 radical (unpaired) electrons. The van der Waals surface area contributed by atoms with Gasteiger partial charge in [-0.25, -0.2) is 0 Å². The lowest BCUT2D eigenvalue weighted by atomic mass is 9.84. The van der Waals surface area contributed by atoms with E-state index in [2.05, 4.69) is 11.2 Å². The van der Waals surface area contributed by atoms with E-state index < -0.39 is 12.1 Å². The summed E-state index contributed by atoms with van der Waals surface area (Å²) in [5, 5.41) is 2.81. The van der Waals surface area contributed by atoms with Gasteiger partial charge in [-0.2, -0.15) is 0 Å². The predicted molar refractivity (Wildman–Crippen MR) is 70.6 cm³/mol. The van der Waals surface area contributed by atoms with Gasteiger partial charge in [0.15, 0.2) is 0 Å². The number of rotatable bonds is 3. The first-order valence-corrected chi connectivity index (χ1v) is 6.33. The molecular weight excluding hydrogens is 228 g/mol. The largest absolute Gasteiger partial charge is 0.342 e. The number of terminal acetylenes is 1. The fourth-order valence-corrected chi connectivity index (χ4v) is 2.07. The minimum absolute atomic E-state index is 0.00776. The zero-order chi connectivity index (χ0) is 13.9. The molecule has 1 fully saturated rings. The van der Waals surface area contributed by atoms with Gasteiger partial charge in [0, 0.05) is 13.0 Å². The quantitative estimate of drug-likeness (QED) is 0.603. The molecule has 1 heterocycles. The summed E-state index contributed by atoms with van der Waals surface area (Å²) in [6.07, 6.45) is 6.56. The van der Waals surface area contributed by atoms with Crippen LogP contribution in [0.1, 0.15) is 40.5 Å². The van der Waals surface area contributed by atoms with Gasteiger partial charge in [0.2, 0.25) is 11.8 Å². The standard InChI is InChI=1S/C14H22N2O2/c1-6-7-8-9-16-10(2)12(17)15-11(13(16)18)14(3,4)5/h1,10-11H,7-9H2,2-5H3,(H,15,17). The van der Waals surface area contributed by atoms with Crippen LogP contribution in [0.15, 0.2) is 0 Å². The second-order valence-corrected chi connectivity index (χ2v) is 5.82. The van der Waals surface area contributed by atoms with Crippen molar-refractivity contribution in [1.29, 1.82) is 0 Å². The van der Waals surface area contributed by atoms with Crippen LogP contribution in [0.3, 0.4) is 0 Å². The number of nitrogens with zero attached hydrogens (tertiary/aromatic N) is 1. The molecule has 0 saturated carbocycles. The predicted octanol–water partition coefficient (Wildman–Crippen LogP) is 1.16. The van der Waals surface area contributed by atoms with Crippen LogP contribution < -0.4 is 5.32 Å². The molecule has 2 amide bonds. The normalized spacial score (nSPS) is 24.7. The highest BCUT2D eigenvalue weighted by Crippen LogP contribution is 2.25. The third-order valence-electron chi connectivity index (χ3n) is 3.25. The maximum absolute atomic E-state index is 12.4. The van der Waals surface area contributed by atoms with Crippen LogP contribution >= 0.6 is 0 Å². The number of hydrogen-bond acceptors (Lipinski definition) is 2. The number of carbonyl (C=O) groups excluding carboxylic acids is 2. The Labute approximate surface area is 109 Å². The summed E-state index contributed by atoms with van der Waals surface area (Å²) in [6, 6.07) is -0.860. The van der Waals surface area contributed by atoms with E-state index in [1.807, 2.05) is 20.8 Å². The Morgan fingerprint density at radius 2 is 2.00 bits per heavy atom. The van der Waals surface area contributed by atoms with Crippen LogP contribution in [0, 0.1) is 17.8 Å². The van der Waals surface area contributed by atoms with Crippen LogP contribution in [0.4, 0.5) is 0 Å². The van der Waals surface area contributed by atoms with E-state index in [9.17, 15) is 9.59 Å². The third kappa shape index (κ3) is 3.04. The van der Waals surface area contributed by atoms with Crippen molar-refractivity contribution in [3.05, 3.63) is 0 Å². The van der Waals surface area contributed by atoms with Crippen molar-refractivity contribution in [2.45, 2.75) is 52.6 Å². The fraction of sp³-hybridized carbons (Fsp3) is 0.714. The molecule has 2 unspecified atom stereocenters. The molecule has 4 nitrogen and oxygen atoms in total. The molecule has 0 aromatic rings. The lowest BCUT2D eigenvalue weighted by Gasteiger charge is -2.42. The average molecular weight is 250 g/mol. The number of carbonyl (C=O) groups is 2. The van der Waals surface area contributed by atoms with Gasteiger partial charge in [-0.1, -0.05) is 20.8 Å². The SMILES string of the molecule is C#CCCCN1C(=O)C(C(C)(C)C)NC(=O)C1C. The summed E-state index contributed by atoms with van der Waals surface area (Å²) in [5.74, 6) is 2.46. The van der Waals surface area contributed by atoms with Crippen molar-refractivity contribution < 1.29 is 9.59 Å². The molecule has 100 valence electrons. The highest BCUT2D eigenvalue weighted by atomic mass is 16.2. The van der Waals surface area contributed by atoms with Crippen molar-refractivity contribution in [1.82, 2.24) is 10.2 Å². The first-order valence-electron chi connectivity index (χ1n) is 6.33. The van der Waals surface area contributed by atoms with Crippen molar-refractivity contribution in [3.63, 3.8) is 0 Å². The Balaban J connectivity index is 2.83. The monoisotopic (exact) mass is 250 g/mol. The number of hydrogen-bond donors (Lipinski definition) is 1. The Bertz CT molecular complexity index is 376. The fourth-order valence-electron chi connectivity index (χ4n) is 2.07. The molecule has 4 heteroatoms. The molecule has 1 aliphatic rings. The summed E-state index contributed by atoms with van der Waals surface area (Å²) in [7, 11) is 0. The minimum Gasteiger partial charge on any atom is -0.342 e. The summed E-state index contributed by atoms with van der Waals surface area (Å²) in [6.45, 7) is 8.15. The molecular formula is C14H22N2O2. The van der Waals surface area contributed by atoms with Crippen LogP contribution in [-0.4, -0.2) is 35.3 Å². The van der Waals surface area contributed by atoms with Crippen LogP contribution in [-0.2, 0) is 9.59 Å². The number of unbranched alkanes of at least 4 members (excludes halogenated alkanes) is 1. The van der Waals surface area contributed by atoms with Gasteiger partial charge in [0.05, 0.1) is 0 Å². The molecule has 1 aliphatic heterocycles. The van der Waals surface area contributed by atoms with Gasteiger partial charge in [-0.05, 0) is 18.8 Å². The van der Waals surface area contributed by atoms with Crippen LogP contribution in [0.25, 0.3) is 0 Å². The second kappa shape index (κ2) is 5.43. The molecule has 0 aliphatic carbocycles. The number of amides is 2. The highest BCUT2D eigenvalue weighted by Gasteiger charge is 2.43. The van der Waals surface area contributed by atoms with Gasteiger partial charge in [0.25, 0.3) is 0 Å². The Morgan fingerprint density at radius 1 is 1.39 bits per heavy atom. The average Bonchev–Trinajstić information content (AvgIpc) is 2.26. The lowest BCUT2D eigenvalue weighted by molar-refractivity contribution is -0.151. The molecule has 2 atom stereocenters. The summed E-state index contributed by atoms with van der Waals surface area (Å²) in [5.41, 5.74) is -0.281. The molecule has 0 bridgehead atoms. The van der Waals surface area contributed by atoms with Crippen molar-refractivity contribution in [2.24, 2.45) is 5.41 Å². The van der Waals surface area contributed by atoms with E-state index in [0.717, 1.165) is 6.42 Å². The molecule has 1 N–H and O–H groups in total. The first kappa shape index (κ1) is 14.6. The lowest BCUT2D eigenvalue weighted by Crippen LogP contribution is -2.65. The maximum atomic E-state index is 12.4. The van der Waals surface area contributed by atoms with Crippen molar-refractivity contribution in [3.8, 4) is 12.3 Å². The topological polar surface area (TPSA) is 49.4 Å². The van der Waals surface area contributed by atoms with Crippen LogP contribution in [0.2, 0.25) is 0 Å². The molecule has 0 aromatic heterocycles. The summed E-state index contributed by atoms with van der Waals surface area (Å²) >= 11 is 0. The molecule has 18 heavy (non-hydrogen) atoms. The van der Waals surface area contributed by atoms with Gasteiger partial charge in [0.1, 0.15) is 12.1 Å². The number of nitrogens with one attached hydrogen (secondary N) is 1. The zero-order valence-electron chi connectivity index (χ0n) is 11.6. The smallest absolute Gasteiger partial charge is 0.246 e. The molecule has 0 spiro atoms. The van der Waals surface area contributed by atoms with Gasteiger partial charge in [-0.3, -0.25) is 9.59 Å². The molecule has 0 aromatic carbocycles. The van der Waals surface area contributed by atoms with Crippen molar-refractivity contribution >= 4 is 11.8 Å². The zero-order valence-corrected chi connectivity index (χ0v) is 11.6. The maximum Gasteiger partial charge on any atom is 0.246 e. The Morgan fingerprint density at radius 3 is 2.50 bits per heavy atom. The molecule has 1 saturated heterocycles. The molecule has 1 rings (SSSR count). The van der Waals surface area contributed by atoms with Crippen molar-refractivity contribution in [2.75, 3.05) is 6.54 Å². The minimum atomic E-state index is -0.452. The van der Waals surface area contributed by atoms with E-state index in [1.165, 1.54) is 0 Å². The van der Waals surface area contributed by atoms with E-state index in [4.69, 9.17) is 6.42 Å². The Hall–Kier alpha value is -1.50. The van der Waals surface area contributed by atoms with Gasteiger partial charge in [-0.15, -0.1) is 12.3 Å². The Kier molecular flexibility index (Phi) is 4.39. The third-order valence-corrected chi connectivity index (χ3v) is 3.25. The van der Waals surface area contributed by atoms with Gasteiger partial charge >= 0.3 is 0 Å². The van der Waals surface area contributed by atoms with E-state index in [1.54, 1.807) is 11.8 Å². The highest BCUT2D eigenvalue weighted by molar-refractivity contribution is 5.97. The van der Waals surface area contributed by atoms with E-state index in [0.29, 0.717) is 13.0 Å². The van der Waals surface area contributed by atoms with E-state index in [-0.39, 0.29) is 17.2 Å². The first-order chi connectivity index (χ1) is 8.29. The van der Waals surface area contributed by atoms with Crippen LogP contribution in [0.5, 0.6) is 0 Å².